The zero-order chi connectivity index (χ0) is 13.2. The van der Waals surface area contributed by atoms with E-state index < -0.39 is 17.6 Å². The molecule has 3 nitrogen and oxygen atoms in total. The van der Waals surface area contributed by atoms with Gasteiger partial charge in [-0.15, -0.1) is 0 Å². The van der Waals surface area contributed by atoms with E-state index in [0.717, 1.165) is 19.0 Å². The maximum Gasteiger partial charge on any atom is 0.417 e. The molecule has 0 saturated carbocycles. The smallest absolute Gasteiger partial charge is 0.348 e. The standard InChI is InChI=1S/C12H13F3N2O/c13-12(14,15)10-4-2-1-3-9(10)11(18)17-8-5-6-16-7-8/h1-4,8,16H,5-7H2,(H,17,18). The summed E-state index contributed by atoms with van der Waals surface area (Å²) in [5.74, 6) is -0.670. The van der Waals surface area contributed by atoms with Gasteiger partial charge in [0.2, 0.25) is 0 Å². The van der Waals surface area contributed by atoms with E-state index in [4.69, 9.17) is 0 Å². The number of halogens is 3. The fourth-order valence-corrected chi connectivity index (χ4v) is 1.97. The zero-order valence-electron chi connectivity index (χ0n) is 9.55. The topological polar surface area (TPSA) is 41.1 Å². The van der Waals surface area contributed by atoms with E-state index in [1.54, 1.807) is 0 Å². The lowest BCUT2D eigenvalue weighted by atomic mass is 10.1. The van der Waals surface area contributed by atoms with Gasteiger partial charge in [-0.05, 0) is 25.1 Å². The van der Waals surface area contributed by atoms with Crippen molar-refractivity contribution in [3.63, 3.8) is 0 Å². The van der Waals surface area contributed by atoms with Gasteiger partial charge in [0.25, 0.3) is 5.91 Å². The molecule has 1 saturated heterocycles. The summed E-state index contributed by atoms with van der Waals surface area (Å²) in [5.41, 5.74) is -1.22. The van der Waals surface area contributed by atoms with Crippen LogP contribution >= 0.6 is 0 Å². The van der Waals surface area contributed by atoms with Crippen molar-refractivity contribution in [2.75, 3.05) is 13.1 Å². The molecule has 0 aromatic heterocycles. The molecule has 1 unspecified atom stereocenters. The molecule has 1 aromatic rings. The van der Waals surface area contributed by atoms with E-state index >= 15 is 0 Å². The average Bonchev–Trinajstić information content (AvgIpc) is 2.80. The van der Waals surface area contributed by atoms with E-state index in [1.165, 1.54) is 18.2 Å². The lowest BCUT2D eigenvalue weighted by Gasteiger charge is -2.15. The SMILES string of the molecule is O=C(NC1CCNC1)c1ccccc1C(F)(F)F. The molecule has 0 radical (unpaired) electrons. The molecule has 1 aliphatic heterocycles. The molecular formula is C12H13F3N2O. The number of rotatable bonds is 2. The highest BCUT2D eigenvalue weighted by atomic mass is 19.4. The summed E-state index contributed by atoms with van der Waals surface area (Å²) >= 11 is 0. The highest BCUT2D eigenvalue weighted by molar-refractivity contribution is 5.96. The van der Waals surface area contributed by atoms with Gasteiger partial charge in [-0.1, -0.05) is 12.1 Å². The van der Waals surface area contributed by atoms with E-state index in [9.17, 15) is 18.0 Å². The van der Waals surface area contributed by atoms with Crippen molar-refractivity contribution in [1.82, 2.24) is 10.6 Å². The summed E-state index contributed by atoms with van der Waals surface area (Å²) < 4.78 is 38.2. The summed E-state index contributed by atoms with van der Waals surface area (Å²) in [5, 5.41) is 5.64. The van der Waals surface area contributed by atoms with Gasteiger partial charge in [-0.25, -0.2) is 0 Å². The lowest BCUT2D eigenvalue weighted by Crippen LogP contribution is -2.37. The first-order valence-electron chi connectivity index (χ1n) is 5.66. The van der Waals surface area contributed by atoms with Crippen molar-refractivity contribution < 1.29 is 18.0 Å². The number of hydrogen-bond donors (Lipinski definition) is 2. The van der Waals surface area contributed by atoms with Crippen LogP contribution in [0.25, 0.3) is 0 Å². The highest BCUT2D eigenvalue weighted by Crippen LogP contribution is 2.31. The Kier molecular flexibility index (Phi) is 3.56. The number of carbonyl (C=O) groups is 1. The van der Waals surface area contributed by atoms with Crippen molar-refractivity contribution >= 4 is 5.91 Å². The Hall–Kier alpha value is -1.56. The maximum absolute atomic E-state index is 12.7. The molecule has 2 rings (SSSR count). The molecule has 1 amide bonds. The molecule has 1 aromatic carbocycles. The number of carbonyl (C=O) groups excluding carboxylic acids is 1. The largest absolute Gasteiger partial charge is 0.417 e. The fourth-order valence-electron chi connectivity index (χ4n) is 1.97. The molecule has 0 spiro atoms. The van der Waals surface area contributed by atoms with Crippen LogP contribution in [0.5, 0.6) is 0 Å². The molecule has 98 valence electrons. The van der Waals surface area contributed by atoms with Crippen molar-refractivity contribution in [2.24, 2.45) is 0 Å². The number of amides is 1. The molecule has 18 heavy (non-hydrogen) atoms. The average molecular weight is 258 g/mol. The van der Waals surface area contributed by atoms with E-state index in [1.807, 2.05) is 0 Å². The molecule has 1 fully saturated rings. The highest BCUT2D eigenvalue weighted by Gasteiger charge is 2.35. The first-order valence-corrected chi connectivity index (χ1v) is 5.66. The van der Waals surface area contributed by atoms with Crippen molar-refractivity contribution in [2.45, 2.75) is 18.6 Å². The van der Waals surface area contributed by atoms with Crippen LogP contribution in [0.4, 0.5) is 13.2 Å². The molecule has 1 aliphatic rings. The summed E-state index contributed by atoms with van der Waals surface area (Å²) in [6, 6.07) is 4.72. The summed E-state index contributed by atoms with van der Waals surface area (Å²) in [6.45, 7) is 1.37. The Morgan fingerprint density at radius 1 is 1.33 bits per heavy atom. The number of benzene rings is 1. The number of hydrogen-bond acceptors (Lipinski definition) is 2. The van der Waals surface area contributed by atoms with Gasteiger partial charge < -0.3 is 10.6 Å². The van der Waals surface area contributed by atoms with Crippen LogP contribution < -0.4 is 10.6 Å². The third-order valence-electron chi connectivity index (χ3n) is 2.87. The van der Waals surface area contributed by atoms with E-state index in [-0.39, 0.29) is 11.6 Å². The minimum atomic E-state index is -4.51. The van der Waals surface area contributed by atoms with Gasteiger partial charge >= 0.3 is 6.18 Å². The Morgan fingerprint density at radius 2 is 2.06 bits per heavy atom. The molecule has 0 aliphatic carbocycles. The lowest BCUT2D eigenvalue weighted by molar-refractivity contribution is -0.137. The zero-order valence-corrected chi connectivity index (χ0v) is 9.55. The van der Waals surface area contributed by atoms with Crippen LogP contribution in [0, 0.1) is 0 Å². The molecular weight excluding hydrogens is 245 g/mol. The third kappa shape index (κ3) is 2.81. The van der Waals surface area contributed by atoms with Crippen LogP contribution in [0.15, 0.2) is 24.3 Å². The van der Waals surface area contributed by atoms with E-state index in [0.29, 0.717) is 6.54 Å². The second-order valence-corrected chi connectivity index (χ2v) is 4.21. The van der Waals surface area contributed by atoms with Crippen molar-refractivity contribution in [3.05, 3.63) is 35.4 Å². The van der Waals surface area contributed by atoms with Crippen LogP contribution in [0.2, 0.25) is 0 Å². The first-order chi connectivity index (χ1) is 8.48. The summed E-state index contributed by atoms with van der Waals surface area (Å²) in [7, 11) is 0. The second-order valence-electron chi connectivity index (χ2n) is 4.21. The predicted octanol–water partition coefficient (Wildman–Crippen LogP) is 1.80. The summed E-state index contributed by atoms with van der Waals surface area (Å²) in [4.78, 5) is 11.8. The van der Waals surface area contributed by atoms with Gasteiger partial charge in [-0.3, -0.25) is 4.79 Å². The van der Waals surface area contributed by atoms with E-state index in [2.05, 4.69) is 10.6 Å². The number of alkyl halides is 3. The monoisotopic (exact) mass is 258 g/mol. The molecule has 6 heteroatoms. The second kappa shape index (κ2) is 4.97. The molecule has 1 heterocycles. The molecule has 0 bridgehead atoms. The Labute approximate surface area is 102 Å². The Balaban J connectivity index is 2.19. The molecule has 2 N–H and O–H groups in total. The molecule has 1 atom stereocenters. The first kappa shape index (κ1) is 12.9. The predicted molar refractivity (Wildman–Crippen MR) is 60.2 cm³/mol. The van der Waals surface area contributed by atoms with Gasteiger partial charge in [0.1, 0.15) is 0 Å². The van der Waals surface area contributed by atoms with Gasteiger partial charge in [-0.2, -0.15) is 13.2 Å². The fraction of sp³-hybridized carbons (Fsp3) is 0.417. The Bertz CT molecular complexity index is 439. The van der Waals surface area contributed by atoms with Crippen molar-refractivity contribution in [1.29, 1.82) is 0 Å². The van der Waals surface area contributed by atoms with Crippen LogP contribution in [-0.2, 0) is 6.18 Å². The Morgan fingerprint density at radius 3 is 2.67 bits per heavy atom. The van der Waals surface area contributed by atoms with Crippen LogP contribution in [0.3, 0.4) is 0 Å². The maximum atomic E-state index is 12.7. The van der Waals surface area contributed by atoms with Crippen LogP contribution in [-0.4, -0.2) is 25.0 Å². The summed E-state index contributed by atoms with van der Waals surface area (Å²) in [6.07, 6.45) is -3.78. The third-order valence-corrected chi connectivity index (χ3v) is 2.87. The normalized spacial score (nSPS) is 19.8. The van der Waals surface area contributed by atoms with Gasteiger partial charge in [0.15, 0.2) is 0 Å². The van der Waals surface area contributed by atoms with Crippen LogP contribution in [0.1, 0.15) is 22.3 Å². The minimum absolute atomic E-state index is 0.0983. The minimum Gasteiger partial charge on any atom is -0.348 e. The van der Waals surface area contributed by atoms with Gasteiger partial charge in [0, 0.05) is 12.6 Å². The van der Waals surface area contributed by atoms with Gasteiger partial charge in [0.05, 0.1) is 11.1 Å². The quantitative estimate of drug-likeness (QED) is 0.849. The number of nitrogens with one attached hydrogen (secondary N) is 2. The van der Waals surface area contributed by atoms with Crippen molar-refractivity contribution in [3.8, 4) is 0 Å².